The number of halogens is 1. The van der Waals surface area contributed by atoms with Gasteiger partial charge in [-0.05, 0) is 55.2 Å². The summed E-state index contributed by atoms with van der Waals surface area (Å²) in [5.41, 5.74) is 1.86. The summed E-state index contributed by atoms with van der Waals surface area (Å²) >= 11 is 0. The first-order valence-electron chi connectivity index (χ1n) is 11.4. The first kappa shape index (κ1) is 27.3. The first-order valence-corrected chi connectivity index (χ1v) is 13.3. The summed E-state index contributed by atoms with van der Waals surface area (Å²) in [5, 5.41) is 2.86. The Morgan fingerprint density at radius 1 is 1.09 bits per heavy atom. The van der Waals surface area contributed by atoms with E-state index in [0.717, 1.165) is 29.0 Å². The van der Waals surface area contributed by atoms with E-state index in [-0.39, 0.29) is 12.5 Å². The lowest BCUT2D eigenvalue weighted by atomic mass is 10.1. The van der Waals surface area contributed by atoms with Crippen LogP contribution in [0.3, 0.4) is 0 Å². The van der Waals surface area contributed by atoms with Crippen molar-refractivity contribution in [3.8, 4) is 0 Å². The van der Waals surface area contributed by atoms with Crippen molar-refractivity contribution in [2.24, 2.45) is 0 Å². The van der Waals surface area contributed by atoms with Crippen molar-refractivity contribution in [2.45, 2.75) is 52.6 Å². The van der Waals surface area contributed by atoms with E-state index in [1.807, 2.05) is 19.9 Å². The summed E-state index contributed by atoms with van der Waals surface area (Å²) < 4.78 is 39.6. The summed E-state index contributed by atoms with van der Waals surface area (Å²) in [5.74, 6) is -1.23. The number of carbonyl (C=O) groups excluding carboxylic acids is 2. The number of unbranched alkanes of at least 4 members (excludes halogenated alkanes) is 1. The lowest BCUT2D eigenvalue weighted by Crippen LogP contribution is -2.52. The number of sulfonamides is 1. The van der Waals surface area contributed by atoms with E-state index in [2.05, 4.69) is 5.32 Å². The molecule has 0 aliphatic carbocycles. The zero-order valence-corrected chi connectivity index (χ0v) is 21.1. The third-order valence-corrected chi connectivity index (χ3v) is 6.59. The number of carbonyl (C=O) groups is 2. The van der Waals surface area contributed by atoms with Crippen molar-refractivity contribution >= 4 is 27.5 Å². The number of rotatable bonds is 12. The number of aryl methyl sites for hydroxylation is 1. The van der Waals surface area contributed by atoms with Crippen molar-refractivity contribution in [2.75, 3.05) is 23.7 Å². The molecule has 1 N–H and O–H groups in total. The summed E-state index contributed by atoms with van der Waals surface area (Å²) in [4.78, 5) is 27.8. The number of hydrogen-bond acceptors (Lipinski definition) is 4. The first-order chi connectivity index (χ1) is 16.1. The molecular formula is C25H34FN3O4S. The van der Waals surface area contributed by atoms with Gasteiger partial charge in [0.1, 0.15) is 18.4 Å². The molecular weight excluding hydrogens is 457 g/mol. The highest BCUT2D eigenvalue weighted by atomic mass is 32.2. The molecule has 0 bridgehead atoms. The van der Waals surface area contributed by atoms with Crippen LogP contribution in [0, 0.1) is 12.7 Å². The van der Waals surface area contributed by atoms with Crippen LogP contribution < -0.4 is 9.62 Å². The highest BCUT2D eigenvalue weighted by Crippen LogP contribution is 2.21. The molecule has 9 heteroatoms. The molecule has 0 heterocycles. The second-order valence-corrected chi connectivity index (χ2v) is 10.2. The lowest BCUT2D eigenvalue weighted by Gasteiger charge is -2.33. The van der Waals surface area contributed by atoms with Gasteiger partial charge in [-0.3, -0.25) is 13.9 Å². The Labute approximate surface area is 202 Å². The minimum Gasteiger partial charge on any atom is -0.354 e. The number of benzene rings is 2. The van der Waals surface area contributed by atoms with Gasteiger partial charge >= 0.3 is 0 Å². The maximum Gasteiger partial charge on any atom is 0.244 e. The molecule has 0 saturated heterocycles. The summed E-state index contributed by atoms with van der Waals surface area (Å²) in [7, 11) is -3.78. The van der Waals surface area contributed by atoms with Gasteiger partial charge in [-0.25, -0.2) is 12.8 Å². The van der Waals surface area contributed by atoms with Gasteiger partial charge in [0.25, 0.3) is 0 Å². The van der Waals surface area contributed by atoms with E-state index in [1.54, 1.807) is 37.3 Å². The monoisotopic (exact) mass is 491 g/mol. The third-order valence-electron chi connectivity index (χ3n) is 5.45. The van der Waals surface area contributed by atoms with E-state index in [0.29, 0.717) is 24.2 Å². The summed E-state index contributed by atoms with van der Waals surface area (Å²) in [6, 6.07) is 11.7. The third kappa shape index (κ3) is 7.83. The Balaban J connectivity index is 2.39. The van der Waals surface area contributed by atoms with Crippen LogP contribution in [0.2, 0.25) is 0 Å². The van der Waals surface area contributed by atoms with Crippen molar-refractivity contribution in [1.82, 2.24) is 10.2 Å². The predicted molar refractivity (Wildman–Crippen MR) is 132 cm³/mol. The Kier molecular flexibility index (Phi) is 10.0. The van der Waals surface area contributed by atoms with Gasteiger partial charge in [0.2, 0.25) is 21.8 Å². The lowest BCUT2D eigenvalue weighted by molar-refractivity contribution is -0.140. The van der Waals surface area contributed by atoms with E-state index in [1.165, 1.54) is 17.0 Å². The molecule has 0 saturated carbocycles. The Morgan fingerprint density at radius 3 is 2.32 bits per heavy atom. The minimum atomic E-state index is -3.78. The van der Waals surface area contributed by atoms with E-state index in [9.17, 15) is 22.4 Å². The number of anilines is 1. The fourth-order valence-corrected chi connectivity index (χ4v) is 4.45. The zero-order valence-electron chi connectivity index (χ0n) is 20.3. The molecule has 0 spiro atoms. The van der Waals surface area contributed by atoms with Crippen molar-refractivity contribution in [3.63, 3.8) is 0 Å². The fourth-order valence-electron chi connectivity index (χ4n) is 3.61. The van der Waals surface area contributed by atoms with Gasteiger partial charge in [-0.2, -0.15) is 0 Å². The summed E-state index contributed by atoms with van der Waals surface area (Å²) in [6.45, 7) is 5.72. The van der Waals surface area contributed by atoms with E-state index >= 15 is 0 Å². The van der Waals surface area contributed by atoms with Gasteiger partial charge < -0.3 is 10.2 Å². The normalized spacial score (nSPS) is 12.1. The van der Waals surface area contributed by atoms with E-state index in [4.69, 9.17) is 0 Å². The molecule has 2 amide bonds. The number of nitrogens with one attached hydrogen (secondary N) is 1. The quantitative estimate of drug-likeness (QED) is 0.460. The van der Waals surface area contributed by atoms with Gasteiger partial charge in [0.15, 0.2) is 0 Å². The SMILES string of the molecule is CCCCNC(=O)C(CC)N(Cc1ccc(F)cc1)C(=O)CN(c1cccc(C)c1)S(C)(=O)=O. The number of hydrogen-bond donors (Lipinski definition) is 1. The van der Waals surface area contributed by atoms with E-state index < -0.39 is 34.3 Å². The van der Waals surface area contributed by atoms with Crippen molar-refractivity contribution in [3.05, 3.63) is 65.5 Å². The molecule has 0 aliphatic heterocycles. The average molecular weight is 492 g/mol. The smallest absolute Gasteiger partial charge is 0.244 e. The Bertz CT molecular complexity index is 1070. The average Bonchev–Trinajstić information content (AvgIpc) is 2.78. The predicted octanol–water partition coefficient (Wildman–Crippen LogP) is 3.62. The second kappa shape index (κ2) is 12.5. The minimum absolute atomic E-state index is 0.0459. The summed E-state index contributed by atoms with van der Waals surface area (Å²) in [6.07, 6.45) is 3.11. The fraction of sp³-hybridized carbons (Fsp3) is 0.440. The Morgan fingerprint density at radius 2 is 1.76 bits per heavy atom. The molecule has 0 fully saturated rings. The molecule has 186 valence electrons. The van der Waals surface area contributed by atoms with Crippen LogP contribution in [0.5, 0.6) is 0 Å². The molecule has 0 radical (unpaired) electrons. The van der Waals surface area contributed by atoms with Gasteiger partial charge in [-0.15, -0.1) is 0 Å². The molecule has 2 aromatic rings. The number of nitrogens with zero attached hydrogens (tertiary/aromatic N) is 2. The molecule has 2 rings (SSSR count). The van der Waals surface area contributed by atoms with Crippen LogP contribution >= 0.6 is 0 Å². The van der Waals surface area contributed by atoms with Crippen LogP contribution in [0.1, 0.15) is 44.2 Å². The standard InChI is InChI=1S/C25H34FN3O4S/c1-5-7-15-27-25(31)23(6-2)28(17-20-11-13-21(26)14-12-20)24(30)18-29(34(4,32)33)22-10-8-9-19(3)16-22/h8-14,16,23H,5-7,15,17-18H2,1-4H3,(H,27,31). The second-order valence-electron chi connectivity index (χ2n) is 8.33. The molecule has 7 nitrogen and oxygen atoms in total. The number of amides is 2. The highest BCUT2D eigenvalue weighted by molar-refractivity contribution is 7.92. The molecule has 0 aromatic heterocycles. The zero-order chi connectivity index (χ0) is 25.3. The van der Waals surface area contributed by atoms with Gasteiger partial charge in [-0.1, -0.05) is 44.5 Å². The van der Waals surface area contributed by atoms with Crippen LogP contribution in [0.25, 0.3) is 0 Å². The van der Waals surface area contributed by atoms with Crippen LogP contribution in [-0.4, -0.2) is 50.5 Å². The molecule has 1 unspecified atom stereocenters. The molecule has 34 heavy (non-hydrogen) atoms. The van der Waals surface area contributed by atoms with Crippen molar-refractivity contribution in [1.29, 1.82) is 0 Å². The van der Waals surface area contributed by atoms with Crippen LogP contribution in [-0.2, 0) is 26.2 Å². The molecule has 1 atom stereocenters. The molecule has 0 aliphatic rings. The van der Waals surface area contributed by atoms with Gasteiger partial charge in [0, 0.05) is 13.1 Å². The highest BCUT2D eigenvalue weighted by Gasteiger charge is 2.31. The van der Waals surface area contributed by atoms with Crippen molar-refractivity contribution < 1.29 is 22.4 Å². The maximum absolute atomic E-state index is 13.5. The Hall–Kier alpha value is -2.94. The van der Waals surface area contributed by atoms with Gasteiger partial charge in [0.05, 0.1) is 11.9 Å². The molecule has 2 aromatic carbocycles. The van der Waals surface area contributed by atoms with Crippen LogP contribution in [0.4, 0.5) is 10.1 Å². The topological polar surface area (TPSA) is 86.8 Å². The largest absolute Gasteiger partial charge is 0.354 e. The van der Waals surface area contributed by atoms with Crippen LogP contribution in [0.15, 0.2) is 48.5 Å². The maximum atomic E-state index is 13.5.